The lowest BCUT2D eigenvalue weighted by Crippen LogP contribution is -2.42. The predicted molar refractivity (Wildman–Crippen MR) is 71.8 cm³/mol. The normalized spacial score (nSPS) is 19.7. The average Bonchev–Trinajstić information content (AvgIpc) is 2.39. The number of hydrogen-bond acceptors (Lipinski definition) is 4. The van der Waals surface area contributed by atoms with Gasteiger partial charge in [0.05, 0.1) is 12.2 Å². The molecule has 1 aromatic carbocycles. The third-order valence-electron chi connectivity index (χ3n) is 3.20. The molecule has 0 spiro atoms. The van der Waals surface area contributed by atoms with E-state index >= 15 is 0 Å². The maximum Gasteiger partial charge on any atom is 0.338 e. The van der Waals surface area contributed by atoms with Gasteiger partial charge < -0.3 is 15.4 Å². The SMILES string of the molecule is CCOC(=O)c1ccc(N2CCCC(N)C2)cc1. The molecular formula is C14H20N2O2. The monoisotopic (exact) mass is 248 g/mol. The highest BCUT2D eigenvalue weighted by molar-refractivity contribution is 5.89. The number of rotatable bonds is 3. The van der Waals surface area contributed by atoms with E-state index in [1.807, 2.05) is 24.3 Å². The maximum absolute atomic E-state index is 11.5. The highest BCUT2D eigenvalue weighted by Crippen LogP contribution is 2.20. The van der Waals surface area contributed by atoms with Crippen molar-refractivity contribution < 1.29 is 9.53 Å². The summed E-state index contributed by atoms with van der Waals surface area (Å²) in [6, 6.07) is 7.80. The molecule has 18 heavy (non-hydrogen) atoms. The molecule has 1 heterocycles. The summed E-state index contributed by atoms with van der Waals surface area (Å²) in [6.45, 7) is 4.13. The van der Waals surface area contributed by atoms with Gasteiger partial charge in [0, 0.05) is 24.8 Å². The molecule has 1 fully saturated rings. The van der Waals surface area contributed by atoms with Crippen LogP contribution in [0.1, 0.15) is 30.1 Å². The lowest BCUT2D eigenvalue weighted by atomic mass is 10.1. The number of anilines is 1. The number of esters is 1. The quantitative estimate of drug-likeness (QED) is 0.829. The van der Waals surface area contributed by atoms with E-state index in [1.165, 1.54) is 0 Å². The van der Waals surface area contributed by atoms with Crippen LogP contribution >= 0.6 is 0 Å². The van der Waals surface area contributed by atoms with Crippen LogP contribution in [-0.4, -0.2) is 31.7 Å². The van der Waals surface area contributed by atoms with Gasteiger partial charge in [-0.3, -0.25) is 0 Å². The standard InChI is InChI=1S/C14H20N2O2/c1-2-18-14(17)11-5-7-13(8-6-11)16-9-3-4-12(15)10-16/h5-8,12H,2-4,9-10,15H2,1H3. The molecule has 0 radical (unpaired) electrons. The van der Waals surface area contributed by atoms with Gasteiger partial charge in [-0.25, -0.2) is 4.79 Å². The number of ether oxygens (including phenoxy) is 1. The lowest BCUT2D eigenvalue weighted by Gasteiger charge is -2.32. The van der Waals surface area contributed by atoms with E-state index < -0.39 is 0 Å². The Bertz CT molecular complexity index is 403. The first-order chi connectivity index (χ1) is 8.70. The van der Waals surface area contributed by atoms with Gasteiger partial charge in [-0.1, -0.05) is 0 Å². The fraction of sp³-hybridized carbons (Fsp3) is 0.500. The summed E-state index contributed by atoms with van der Waals surface area (Å²) in [7, 11) is 0. The number of carbonyl (C=O) groups is 1. The molecule has 1 aliphatic rings. The van der Waals surface area contributed by atoms with Crippen molar-refractivity contribution in [3.63, 3.8) is 0 Å². The summed E-state index contributed by atoms with van der Waals surface area (Å²) < 4.78 is 4.96. The number of nitrogens with zero attached hydrogens (tertiary/aromatic N) is 1. The molecule has 1 unspecified atom stereocenters. The smallest absolute Gasteiger partial charge is 0.338 e. The highest BCUT2D eigenvalue weighted by Gasteiger charge is 2.17. The fourth-order valence-electron chi connectivity index (χ4n) is 2.27. The van der Waals surface area contributed by atoms with Gasteiger partial charge in [0.1, 0.15) is 0 Å². The molecule has 0 aliphatic carbocycles. The molecule has 1 atom stereocenters. The molecule has 0 aromatic heterocycles. The Morgan fingerprint density at radius 1 is 1.44 bits per heavy atom. The zero-order chi connectivity index (χ0) is 13.0. The van der Waals surface area contributed by atoms with Crippen molar-refractivity contribution in [2.75, 3.05) is 24.6 Å². The van der Waals surface area contributed by atoms with Crippen LogP contribution in [0.15, 0.2) is 24.3 Å². The molecule has 4 heteroatoms. The van der Waals surface area contributed by atoms with Crippen LogP contribution in [0, 0.1) is 0 Å². The Labute approximate surface area is 108 Å². The Kier molecular flexibility index (Phi) is 4.20. The van der Waals surface area contributed by atoms with Crippen molar-refractivity contribution in [2.24, 2.45) is 5.73 Å². The van der Waals surface area contributed by atoms with E-state index in [2.05, 4.69) is 4.90 Å². The second kappa shape index (κ2) is 5.87. The zero-order valence-electron chi connectivity index (χ0n) is 10.8. The molecule has 0 amide bonds. The maximum atomic E-state index is 11.5. The second-order valence-corrected chi connectivity index (χ2v) is 4.62. The van der Waals surface area contributed by atoms with E-state index in [-0.39, 0.29) is 12.0 Å². The minimum absolute atomic E-state index is 0.253. The molecular weight excluding hydrogens is 228 g/mol. The third-order valence-corrected chi connectivity index (χ3v) is 3.20. The molecule has 2 rings (SSSR count). The van der Waals surface area contributed by atoms with E-state index in [0.717, 1.165) is 31.6 Å². The first kappa shape index (κ1) is 12.9. The Hall–Kier alpha value is -1.55. The molecule has 4 nitrogen and oxygen atoms in total. The van der Waals surface area contributed by atoms with Crippen molar-refractivity contribution in [1.82, 2.24) is 0 Å². The Morgan fingerprint density at radius 2 is 2.17 bits per heavy atom. The van der Waals surface area contributed by atoms with E-state index in [1.54, 1.807) is 6.92 Å². The number of benzene rings is 1. The van der Waals surface area contributed by atoms with Crippen LogP contribution in [0.2, 0.25) is 0 Å². The third kappa shape index (κ3) is 3.01. The number of nitrogens with two attached hydrogens (primary N) is 1. The van der Waals surface area contributed by atoms with Gasteiger partial charge in [0.2, 0.25) is 0 Å². The minimum Gasteiger partial charge on any atom is -0.462 e. The van der Waals surface area contributed by atoms with Crippen molar-refractivity contribution in [3.8, 4) is 0 Å². The van der Waals surface area contributed by atoms with Crippen LogP contribution in [0.5, 0.6) is 0 Å². The van der Waals surface area contributed by atoms with Gasteiger partial charge in [0.25, 0.3) is 0 Å². The second-order valence-electron chi connectivity index (χ2n) is 4.62. The summed E-state index contributed by atoms with van der Waals surface area (Å²) in [5.74, 6) is -0.264. The van der Waals surface area contributed by atoms with Crippen molar-refractivity contribution >= 4 is 11.7 Å². The molecule has 2 N–H and O–H groups in total. The van der Waals surface area contributed by atoms with Gasteiger partial charge in [0.15, 0.2) is 0 Å². The number of hydrogen-bond donors (Lipinski definition) is 1. The summed E-state index contributed by atoms with van der Waals surface area (Å²) >= 11 is 0. The van der Waals surface area contributed by atoms with Crippen LogP contribution in [0.25, 0.3) is 0 Å². The number of carbonyl (C=O) groups excluding carboxylic acids is 1. The van der Waals surface area contributed by atoms with Crippen molar-refractivity contribution in [3.05, 3.63) is 29.8 Å². The predicted octanol–water partition coefficient (Wildman–Crippen LogP) is 1.79. The van der Waals surface area contributed by atoms with Gasteiger partial charge >= 0.3 is 5.97 Å². The summed E-state index contributed by atoms with van der Waals surface area (Å²) in [6.07, 6.45) is 2.22. The summed E-state index contributed by atoms with van der Waals surface area (Å²) in [5, 5.41) is 0. The minimum atomic E-state index is -0.264. The molecule has 0 bridgehead atoms. The highest BCUT2D eigenvalue weighted by atomic mass is 16.5. The molecule has 1 aromatic rings. The Morgan fingerprint density at radius 3 is 2.78 bits per heavy atom. The molecule has 0 saturated carbocycles. The fourth-order valence-corrected chi connectivity index (χ4v) is 2.27. The average molecular weight is 248 g/mol. The summed E-state index contributed by atoms with van der Waals surface area (Å²) in [5.41, 5.74) is 7.69. The zero-order valence-corrected chi connectivity index (χ0v) is 10.8. The lowest BCUT2D eigenvalue weighted by molar-refractivity contribution is 0.0526. The van der Waals surface area contributed by atoms with E-state index in [0.29, 0.717) is 12.2 Å². The largest absolute Gasteiger partial charge is 0.462 e. The first-order valence-electron chi connectivity index (χ1n) is 6.48. The first-order valence-corrected chi connectivity index (χ1v) is 6.48. The van der Waals surface area contributed by atoms with Crippen molar-refractivity contribution in [1.29, 1.82) is 0 Å². The topological polar surface area (TPSA) is 55.6 Å². The molecule has 1 aliphatic heterocycles. The molecule has 1 saturated heterocycles. The van der Waals surface area contributed by atoms with Crippen LogP contribution in [-0.2, 0) is 4.74 Å². The van der Waals surface area contributed by atoms with Crippen LogP contribution < -0.4 is 10.6 Å². The van der Waals surface area contributed by atoms with Gasteiger partial charge in [-0.05, 0) is 44.0 Å². The number of piperidine rings is 1. The van der Waals surface area contributed by atoms with Crippen LogP contribution in [0.3, 0.4) is 0 Å². The van der Waals surface area contributed by atoms with Gasteiger partial charge in [-0.15, -0.1) is 0 Å². The van der Waals surface area contributed by atoms with Gasteiger partial charge in [-0.2, -0.15) is 0 Å². The van der Waals surface area contributed by atoms with Crippen molar-refractivity contribution in [2.45, 2.75) is 25.8 Å². The summed E-state index contributed by atoms with van der Waals surface area (Å²) in [4.78, 5) is 13.8. The molecule has 98 valence electrons. The Balaban J connectivity index is 2.05. The van der Waals surface area contributed by atoms with Crippen LogP contribution in [0.4, 0.5) is 5.69 Å². The van der Waals surface area contributed by atoms with E-state index in [4.69, 9.17) is 10.5 Å². The van der Waals surface area contributed by atoms with E-state index in [9.17, 15) is 4.79 Å².